The van der Waals surface area contributed by atoms with Crippen molar-refractivity contribution in [3.05, 3.63) is 212 Å². The Morgan fingerprint density at radius 3 is 0.968 bits per heavy atom. The first-order valence-corrected chi connectivity index (χ1v) is 45.7. The minimum atomic E-state index is -3.47. The lowest BCUT2D eigenvalue weighted by Crippen LogP contribution is -2.34. The zero-order chi connectivity index (χ0) is 88.2. The minimum Gasteiger partial charge on any atom is -0.490 e. The van der Waals surface area contributed by atoms with E-state index in [1.165, 1.54) is 55.0 Å². The number of nitriles is 4. The Bertz CT molecular complexity index is 6150. The molecule has 0 amide bonds. The second-order valence-electron chi connectivity index (χ2n) is 32.9. The summed E-state index contributed by atoms with van der Waals surface area (Å²) in [5.74, 6) is 6.63. The van der Waals surface area contributed by atoms with Gasteiger partial charge in [-0.3, -0.25) is 0 Å². The topological polar surface area (TPSA) is 389 Å². The molecule has 644 valence electrons. The standard InChI is InChI=1S/C25H28N4O5S.C25H26N4O4S.2C23H23N3O2/c1-16(2)33-23-11-10-17(14-18(23)15-26)25-27-24(28-34-25)21-8-4-7-20-19(21)6-5-9-22(20)29-35(30,31)13-12-32-3;1-15(2)32-23-12-9-16(13-17(23)14-26)25-27-24(28-33-25)21-7-3-6-20-19(21)5-4-8-22(20)29-34(30,31)18-10-11-18;2*1-14(2)27-21-11-10-16(12-17(21)13-24)23-25-22(26-28-23)20-9-5-7-18-15(3)6-4-8-19(18)20/h4,7-8,10-11,14,16,22,29H,5-6,9,12-13H2,1-3H3;3,6-7,9,12-13,15,18,22,29H,4-5,8,10-11H2,1-2H3;2*5,7,9-12,14-15H,4,6,8H2,1-3H3/t2*22-;2*15-/m1010/s1. The fraction of sp³-hybridized carbons (Fsp3) is 0.375. The number of methoxy groups -OCH3 is 1. The molecule has 12 aromatic rings. The fourth-order valence-corrected chi connectivity index (χ4v) is 19.1. The highest BCUT2D eigenvalue weighted by atomic mass is 32.2. The van der Waals surface area contributed by atoms with Crippen LogP contribution < -0.4 is 28.4 Å². The molecule has 27 nitrogen and oxygen atoms in total. The number of nitrogens with one attached hydrogen (secondary N) is 2. The van der Waals surface area contributed by atoms with Crippen LogP contribution in [0.15, 0.2) is 164 Å². The Kier molecular flexibility index (Phi) is 27.9. The van der Waals surface area contributed by atoms with Crippen LogP contribution in [-0.4, -0.2) is 107 Å². The molecule has 125 heavy (non-hydrogen) atoms. The smallest absolute Gasteiger partial charge is 0.258 e. The van der Waals surface area contributed by atoms with Crippen LogP contribution in [0.3, 0.4) is 0 Å². The summed E-state index contributed by atoms with van der Waals surface area (Å²) in [6, 6.07) is 53.4. The normalized spacial score (nSPS) is 16.3. The Morgan fingerprint density at radius 1 is 0.392 bits per heavy atom. The highest BCUT2D eigenvalue weighted by Gasteiger charge is 2.39. The van der Waals surface area contributed by atoms with E-state index >= 15 is 0 Å². The van der Waals surface area contributed by atoms with Crippen molar-refractivity contribution in [1.82, 2.24) is 50.0 Å². The second-order valence-corrected chi connectivity index (χ2v) is 36.8. The van der Waals surface area contributed by atoms with Crippen LogP contribution in [0.1, 0.15) is 224 Å². The molecule has 0 saturated heterocycles. The number of benzene rings is 8. The Labute approximate surface area is 728 Å². The van der Waals surface area contributed by atoms with E-state index < -0.39 is 20.0 Å². The van der Waals surface area contributed by atoms with Crippen molar-refractivity contribution in [3.63, 3.8) is 0 Å². The highest BCUT2D eigenvalue weighted by Crippen LogP contribution is 2.44. The number of nitrogens with zero attached hydrogens (tertiary/aromatic N) is 12. The van der Waals surface area contributed by atoms with Gasteiger partial charge in [-0.15, -0.1) is 0 Å². The molecule has 29 heteroatoms. The number of hydrogen-bond acceptors (Lipinski definition) is 25. The van der Waals surface area contributed by atoms with Crippen LogP contribution in [0.4, 0.5) is 0 Å². The van der Waals surface area contributed by atoms with Crippen molar-refractivity contribution >= 4 is 20.0 Å². The van der Waals surface area contributed by atoms with E-state index in [0.29, 0.717) is 127 Å². The largest absolute Gasteiger partial charge is 0.490 e. The van der Waals surface area contributed by atoms with Gasteiger partial charge in [-0.25, -0.2) is 26.3 Å². The zero-order valence-electron chi connectivity index (χ0n) is 71.9. The van der Waals surface area contributed by atoms with Crippen LogP contribution in [0, 0.1) is 45.3 Å². The lowest BCUT2D eigenvalue weighted by atomic mass is 9.81. The summed E-state index contributed by atoms with van der Waals surface area (Å²) < 4.78 is 106. The molecule has 1 fully saturated rings. The fourth-order valence-electron chi connectivity index (χ4n) is 16.3. The predicted octanol–water partition coefficient (Wildman–Crippen LogP) is 19.5. The Morgan fingerprint density at radius 2 is 0.680 bits per heavy atom. The van der Waals surface area contributed by atoms with Gasteiger partial charge >= 0.3 is 0 Å². The molecule has 5 aliphatic rings. The summed E-state index contributed by atoms with van der Waals surface area (Å²) >= 11 is 0. The van der Waals surface area contributed by atoms with Gasteiger partial charge in [-0.05, 0) is 274 Å². The molecule has 17 rings (SSSR count). The summed E-state index contributed by atoms with van der Waals surface area (Å²) in [5.41, 5.74) is 17.5. The number of ether oxygens (including phenoxy) is 5. The predicted molar refractivity (Wildman–Crippen MR) is 471 cm³/mol. The third-order valence-corrected chi connectivity index (χ3v) is 25.6. The van der Waals surface area contributed by atoms with Gasteiger partial charge in [0.1, 0.15) is 47.3 Å². The molecule has 5 aliphatic carbocycles. The van der Waals surface area contributed by atoms with Gasteiger partial charge < -0.3 is 41.8 Å². The van der Waals surface area contributed by atoms with Gasteiger partial charge in [-0.1, -0.05) is 107 Å². The van der Waals surface area contributed by atoms with E-state index in [1.807, 2.05) is 104 Å². The summed E-state index contributed by atoms with van der Waals surface area (Å²) in [5, 5.41) is 54.5. The molecule has 4 atom stereocenters. The summed E-state index contributed by atoms with van der Waals surface area (Å²) in [7, 11) is -5.29. The van der Waals surface area contributed by atoms with E-state index in [4.69, 9.17) is 41.8 Å². The first kappa shape index (κ1) is 88.6. The van der Waals surface area contributed by atoms with Crippen molar-refractivity contribution in [2.75, 3.05) is 19.5 Å². The molecule has 0 spiro atoms. The van der Waals surface area contributed by atoms with Crippen LogP contribution in [0.2, 0.25) is 0 Å². The van der Waals surface area contributed by atoms with Gasteiger partial charge in [-0.2, -0.15) is 41.0 Å². The van der Waals surface area contributed by atoms with E-state index in [9.17, 15) is 37.9 Å². The van der Waals surface area contributed by atoms with Gasteiger partial charge in [0.2, 0.25) is 43.3 Å². The van der Waals surface area contributed by atoms with Crippen LogP contribution >= 0.6 is 0 Å². The van der Waals surface area contributed by atoms with E-state index in [-0.39, 0.29) is 60.0 Å². The highest BCUT2D eigenvalue weighted by molar-refractivity contribution is 7.90. The van der Waals surface area contributed by atoms with Crippen molar-refractivity contribution in [2.45, 2.75) is 213 Å². The number of hydrogen-bond donors (Lipinski definition) is 2. The number of fused-ring (bicyclic) bond motifs is 4. The average molecular weight is 1720 g/mol. The second kappa shape index (κ2) is 39.4. The van der Waals surface area contributed by atoms with Gasteiger partial charge in [0, 0.05) is 63.7 Å². The molecule has 4 heterocycles. The first-order chi connectivity index (χ1) is 60.3. The average Bonchev–Trinajstić information content (AvgIpc) is 1.70. The molecule has 2 N–H and O–H groups in total. The van der Waals surface area contributed by atoms with Gasteiger partial charge in [0.15, 0.2) is 0 Å². The molecule has 0 bridgehead atoms. The number of sulfonamides is 2. The lowest BCUT2D eigenvalue weighted by molar-refractivity contribution is 0.216. The number of aromatic nitrogens is 8. The molecule has 1 saturated carbocycles. The maximum absolute atomic E-state index is 12.5. The molecular weight excluding hydrogens is 1620 g/mol. The van der Waals surface area contributed by atoms with Crippen molar-refractivity contribution in [3.8, 4) is 139 Å². The summed E-state index contributed by atoms with van der Waals surface area (Å²) in [4.78, 5) is 18.4. The van der Waals surface area contributed by atoms with Crippen LogP contribution in [-0.2, 0) is 50.5 Å². The first-order valence-electron chi connectivity index (χ1n) is 42.5. The molecule has 0 aliphatic heterocycles. The monoisotopic (exact) mass is 1720 g/mol. The molecule has 0 unspecified atom stereocenters. The SMILES string of the molecule is CC(C)Oc1ccc(-c2nc(-c3cccc4c3CCC[C@@H]4C)no2)cc1C#N.CC(C)Oc1ccc(-c2nc(-c3cccc4c3CCC[C@@H]4NS(=O)(=O)C3CC3)no2)cc1C#N.CC(C)Oc1ccc(-c2nc(-c3cccc4c3CCC[C@H]4C)no2)cc1C#N.COCCS(=O)(=O)N[C@@H]1CCCc2c(-c3noc(-c4ccc(OC(C)C)c(C#N)c4)n3)cccc21. The Hall–Kier alpha value is -12.7. The molecule has 4 aromatic heterocycles. The van der Waals surface area contributed by atoms with Crippen molar-refractivity contribution < 1.29 is 58.6 Å². The van der Waals surface area contributed by atoms with Crippen LogP contribution in [0.5, 0.6) is 23.0 Å². The zero-order valence-corrected chi connectivity index (χ0v) is 73.5. The van der Waals surface area contributed by atoms with Gasteiger partial charge in [0.05, 0.1) is 64.3 Å². The third kappa shape index (κ3) is 21.0. The van der Waals surface area contributed by atoms with Crippen molar-refractivity contribution in [2.24, 2.45) is 0 Å². The summed E-state index contributed by atoms with van der Waals surface area (Å²) in [6.45, 7) is 20.0. The van der Waals surface area contributed by atoms with Gasteiger partial charge in [0.25, 0.3) is 23.6 Å². The van der Waals surface area contributed by atoms with E-state index in [2.05, 4.69) is 125 Å². The van der Waals surface area contributed by atoms with E-state index in [1.54, 1.807) is 60.7 Å². The lowest BCUT2D eigenvalue weighted by Gasteiger charge is -2.27. The molecular formula is C96H100N14O13S2. The molecule has 8 aromatic carbocycles. The maximum atomic E-state index is 12.5. The van der Waals surface area contributed by atoms with Crippen LogP contribution in [0.25, 0.3) is 91.4 Å². The Balaban J connectivity index is 0.000000136. The third-order valence-electron chi connectivity index (χ3n) is 22.3. The summed E-state index contributed by atoms with van der Waals surface area (Å²) in [6.07, 6.45) is 13.0. The maximum Gasteiger partial charge on any atom is 0.258 e. The van der Waals surface area contributed by atoms with E-state index in [0.717, 1.165) is 102 Å². The van der Waals surface area contributed by atoms with Crippen molar-refractivity contribution in [1.29, 1.82) is 21.0 Å². The minimum absolute atomic E-state index is 0.000365. The number of rotatable bonds is 24. The molecule has 0 radical (unpaired) electrons. The quantitative estimate of drug-likeness (QED) is 0.0567.